The first-order valence-electron chi connectivity index (χ1n) is 7.05. The lowest BCUT2D eigenvalue weighted by atomic mass is 10.2. The summed E-state index contributed by atoms with van der Waals surface area (Å²) in [5, 5.41) is 12.2. The largest absolute Gasteiger partial charge is 0.312 e. The fourth-order valence-corrected chi connectivity index (χ4v) is 2.23. The molecule has 0 aromatic carbocycles. The summed E-state index contributed by atoms with van der Waals surface area (Å²) in [5.74, 6) is 1.57. The number of aromatic nitrogens is 5. The van der Waals surface area contributed by atoms with E-state index in [0.717, 1.165) is 24.6 Å². The Morgan fingerprint density at radius 3 is 2.65 bits per heavy atom. The van der Waals surface area contributed by atoms with Crippen LogP contribution in [0.3, 0.4) is 0 Å². The van der Waals surface area contributed by atoms with Crippen molar-refractivity contribution in [3.8, 4) is 0 Å². The quantitative estimate of drug-likeness (QED) is 0.867. The molecule has 0 spiro atoms. The zero-order valence-electron chi connectivity index (χ0n) is 13.0. The van der Waals surface area contributed by atoms with Gasteiger partial charge in [0.05, 0.1) is 5.69 Å². The number of hydrogen-bond acceptors (Lipinski definition) is 4. The van der Waals surface area contributed by atoms with Gasteiger partial charge in [-0.3, -0.25) is 9.36 Å². The molecule has 2 heterocycles. The summed E-state index contributed by atoms with van der Waals surface area (Å²) in [7, 11) is 1.90. The maximum absolute atomic E-state index is 4.62. The molecule has 0 aliphatic heterocycles. The molecule has 0 unspecified atom stereocenters. The number of nitrogens with zero attached hydrogens (tertiary/aromatic N) is 5. The predicted octanol–water partition coefficient (Wildman–Crippen LogP) is 1.42. The highest BCUT2D eigenvalue weighted by Crippen LogP contribution is 2.14. The number of aryl methyl sites for hydroxylation is 2. The second kappa shape index (κ2) is 6.17. The van der Waals surface area contributed by atoms with Gasteiger partial charge in [-0.25, -0.2) is 4.98 Å². The standard InChI is InChI=1S/C14H24N6/c1-10(2)6-15-7-13-11(3)18-20(12(13)4)8-14-16-9-17-19(14)5/h9-10,15H,6-8H2,1-5H3. The van der Waals surface area contributed by atoms with Crippen LogP contribution in [0.4, 0.5) is 0 Å². The third-order valence-electron chi connectivity index (χ3n) is 3.48. The molecule has 20 heavy (non-hydrogen) atoms. The van der Waals surface area contributed by atoms with Crippen LogP contribution in [-0.2, 0) is 20.1 Å². The smallest absolute Gasteiger partial charge is 0.148 e. The van der Waals surface area contributed by atoms with Gasteiger partial charge in [0.2, 0.25) is 0 Å². The van der Waals surface area contributed by atoms with Crippen LogP contribution in [-0.4, -0.2) is 31.1 Å². The maximum Gasteiger partial charge on any atom is 0.148 e. The molecule has 2 rings (SSSR count). The van der Waals surface area contributed by atoms with E-state index in [1.54, 1.807) is 11.0 Å². The number of hydrogen-bond donors (Lipinski definition) is 1. The molecule has 2 aromatic rings. The molecule has 6 heteroatoms. The van der Waals surface area contributed by atoms with Crippen molar-refractivity contribution in [1.82, 2.24) is 29.9 Å². The molecule has 0 saturated heterocycles. The molecule has 0 fully saturated rings. The Hall–Kier alpha value is -1.69. The Morgan fingerprint density at radius 2 is 2.05 bits per heavy atom. The lowest BCUT2D eigenvalue weighted by Gasteiger charge is -2.08. The summed E-state index contributed by atoms with van der Waals surface area (Å²) < 4.78 is 3.79. The Morgan fingerprint density at radius 1 is 1.30 bits per heavy atom. The lowest BCUT2D eigenvalue weighted by Crippen LogP contribution is -2.19. The van der Waals surface area contributed by atoms with E-state index >= 15 is 0 Å². The van der Waals surface area contributed by atoms with Crippen LogP contribution < -0.4 is 5.32 Å². The first-order chi connectivity index (χ1) is 9.49. The third kappa shape index (κ3) is 3.25. The minimum atomic E-state index is 0.657. The van der Waals surface area contributed by atoms with Gasteiger partial charge >= 0.3 is 0 Å². The van der Waals surface area contributed by atoms with Gasteiger partial charge in [-0.15, -0.1) is 0 Å². The van der Waals surface area contributed by atoms with Crippen molar-refractivity contribution < 1.29 is 0 Å². The normalized spacial score (nSPS) is 11.5. The van der Waals surface area contributed by atoms with Crippen molar-refractivity contribution in [2.24, 2.45) is 13.0 Å². The van der Waals surface area contributed by atoms with Crippen molar-refractivity contribution in [3.63, 3.8) is 0 Å². The third-order valence-corrected chi connectivity index (χ3v) is 3.48. The molecule has 0 aliphatic carbocycles. The molecule has 2 aromatic heterocycles. The molecular weight excluding hydrogens is 252 g/mol. The minimum absolute atomic E-state index is 0.657. The van der Waals surface area contributed by atoms with Crippen LogP contribution in [0.15, 0.2) is 6.33 Å². The van der Waals surface area contributed by atoms with Gasteiger partial charge in [0.1, 0.15) is 18.7 Å². The highest BCUT2D eigenvalue weighted by molar-refractivity contribution is 5.24. The first-order valence-corrected chi connectivity index (χ1v) is 7.05. The molecule has 110 valence electrons. The Balaban J connectivity index is 2.10. The van der Waals surface area contributed by atoms with Crippen molar-refractivity contribution in [3.05, 3.63) is 29.1 Å². The fraction of sp³-hybridized carbons (Fsp3) is 0.643. The molecular formula is C14H24N6. The topological polar surface area (TPSA) is 60.6 Å². The van der Waals surface area contributed by atoms with Crippen LogP contribution in [0.1, 0.15) is 36.6 Å². The summed E-state index contributed by atoms with van der Waals surface area (Å²) in [4.78, 5) is 4.25. The predicted molar refractivity (Wildman–Crippen MR) is 78.4 cm³/mol. The van der Waals surface area contributed by atoms with Crippen molar-refractivity contribution in [2.75, 3.05) is 6.54 Å². The summed E-state index contributed by atoms with van der Waals surface area (Å²) in [6.07, 6.45) is 1.58. The van der Waals surface area contributed by atoms with E-state index < -0.39 is 0 Å². The van der Waals surface area contributed by atoms with Crippen molar-refractivity contribution in [1.29, 1.82) is 0 Å². The Bertz CT molecular complexity index is 566. The van der Waals surface area contributed by atoms with Crippen LogP contribution in [0.2, 0.25) is 0 Å². The Kier molecular flexibility index (Phi) is 4.54. The van der Waals surface area contributed by atoms with E-state index in [0.29, 0.717) is 12.5 Å². The SMILES string of the molecule is Cc1nn(Cc2ncnn2C)c(C)c1CNCC(C)C. The Labute approximate surface area is 120 Å². The van der Waals surface area contributed by atoms with Gasteiger partial charge in [0.15, 0.2) is 0 Å². The molecule has 0 saturated carbocycles. The zero-order valence-corrected chi connectivity index (χ0v) is 13.0. The van der Waals surface area contributed by atoms with Crippen molar-refractivity contribution in [2.45, 2.75) is 40.8 Å². The van der Waals surface area contributed by atoms with E-state index in [1.165, 1.54) is 11.3 Å². The summed E-state index contributed by atoms with van der Waals surface area (Å²) in [6.45, 7) is 11.2. The van der Waals surface area contributed by atoms with E-state index in [4.69, 9.17) is 0 Å². The van der Waals surface area contributed by atoms with Crippen LogP contribution >= 0.6 is 0 Å². The summed E-state index contributed by atoms with van der Waals surface area (Å²) in [5.41, 5.74) is 3.57. The van der Waals surface area contributed by atoms with Gasteiger partial charge in [-0.05, 0) is 26.3 Å². The monoisotopic (exact) mass is 276 g/mol. The highest BCUT2D eigenvalue weighted by atomic mass is 15.4. The van der Waals surface area contributed by atoms with Gasteiger partial charge in [-0.2, -0.15) is 10.2 Å². The van der Waals surface area contributed by atoms with E-state index in [2.05, 4.69) is 48.2 Å². The molecule has 0 bridgehead atoms. The summed E-state index contributed by atoms with van der Waals surface area (Å²) >= 11 is 0. The van der Waals surface area contributed by atoms with Gasteiger partial charge in [0.25, 0.3) is 0 Å². The van der Waals surface area contributed by atoms with E-state index in [-0.39, 0.29) is 0 Å². The van der Waals surface area contributed by atoms with Gasteiger partial charge in [0, 0.05) is 24.8 Å². The molecule has 0 amide bonds. The number of nitrogens with one attached hydrogen (secondary N) is 1. The van der Waals surface area contributed by atoms with E-state index in [1.807, 2.05) is 11.7 Å². The van der Waals surface area contributed by atoms with Crippen LogP contribution in [0.5, 0.6) is 0 Å². The van der Waals surface area contributed by atoms with Crippen LogP contribution in [0, 0.1) is 19.8 Å². The molecule has 6 nitrogen and oxygen atoms in total. The fourth-order valence-electron chi connectivity index (χ4n) is 2.23. The minimum Gasteiger partial charge on any atom is -0.312 e. The first kappa shape index (κ1) is 14.7. The number of rotatable bonds is 6. The average molecular weight is 276 g/mol. The average Bonchev–Trinajstić information content (AvgIpc) is 2.88. The van der Waals surface area contributed by atoms with E-state index in [9.17, 15) is 0 Å². The molecule has 0 aliphatic rings. The van der Waals surface area contributed by atoms with Gasteiger partial charge < -0.3 is 5.32 Å². The highest BCUT2D eigenvalue weighted by Gasteiger charge is 2.13. The molecule has 0 atom stereocenters. The van der Waals surface area contributed by atoms with Gasteiger partial charge in [-0.1, -0.05) is 13.8 Å². The second-order valence-corrected chi connectivity index (χ2v) is 5.63. The summed E-state index contributed by atoms with van der Waals surface area (Å²) in [6, 6.07) is 0. The zero-order chi connectivity index (χ0) is 14.7. The molecule has 0 radical (unpaired) electrons. The van der Waals surface area contributed by atoms with Crippen LogP contribution in [0.25, 0.3) is 0 Å². The van der Waals surface area contributed by atoms with Crippen molar-refractivity contribution >= 4 is 0 Å². The maximum atomic E-state index is 4.62. The molecule has 1 N–H and O–H groups in total. The second-order valence-electron chi connectivity index (χ2n) is 5.63. The lowest BCUT2D eigenvalue weighted by molar-refractivity contribution is 0.549.